The van der Waals surface area contributed by atoms with E-state index in [0.29, 0.717) is 0 Å². The van der Waals surface area contributed by atoms with Crippen molar-refractivity contribution in [3.8, 4) is 0 Å². The van der Waals surface area contributed by atoms with Gasteiger partial charge in [-0.2, -0.15) is 0 Å². The van der Waals surface area contributed by atoms with E-state index >= 15 is 0 Å². The van der Waals surface area contributed by atoms with E-state index in [4.69, 9.17) is 4.74 Å². The lowest BCUT2D eigenvalue weighted by Gasteiger charge is -2.39. The average Bonchev–Trinajstić information content (AvgIpc) is 2.86. The maximum atomic E-state index is 5.42. The highest BCUT2D eigenvalue weighted by Gasteiger charge is 2.26. The minimum absolute atomic E-state index is 0.750. The molecular formula is C13H23N5O. The van der Waals surface area contributed by atoms with Gasteiger partial charge in [-0.15, -0.1) is 10.2 Å². The summed E-state index contributed by atoms with van der Waals surface area (Å²) in [5.41, 5.74) is 0. The highest BCUT2D eigenvalue weighted by molar-refractivity contribution is 4.87. The number of piperidine rings is 1. The van der Waals surface area contributed by atoms with Crippen molar-refractivity contribution in [2.24, 2.45) is 7.05 Å². The van der Waals surface area contributed by atoms with Crippen molar-refractivity contribution in [2.75, 3.05) is 39.4 Å². The fourth-order valence-corrected chi connectivity index (χ4v) is 3.04. The van der Waals surface area contributed by atoms with Crippen molar-refractivity contribution >= 4 is 0 Å². The molecule has 1 aromatic rings. The van der Waals surface area contributed by atoms with Crippen molar-refractivity contribution in [2.45, 2.75) is 25.4 Å². The number of hydrogen-bond acceptors (Lipinski definition) is 5. The standard InChI is InChI=1S/C13H23N5O/c1-16-11-14-15-13(16)10-17-4-2-12(3-5-17)18-6-8-19-9-7-18/h11-12H,2-10H2,1H3. The highest BCUT2D eigenvalue weighted by Crippen LogP contribution is 2.18. The van der Waals surface area contributed by atoms with Gasteiger partial charge >= 0.3 is 0 Å². The lowest BCUT2D eigenvalue weighted by molar-refractivity contribution is -0.0000337. The number of nitrogens with zero attached hydrogens (tertiary/aromatic N) is 5. The van der Waals surface area contributed by atoms with Crippen LogP contribution in [0.15, 0.2) is 6.33 Å². The zero-order valence-electron chi connectivity index (χ0n) is 11.7. The van der Waals surface area contributed by atoms with E-state index in [-0.39, 0.29) is 0 Å². The molecule has 0 atom stereocenters. The Hall–Kier alpha value is -0.980. The number of hydrogen-bond donors (Lipinski definition) is 0. The molecule has 2 aliphatic rings. The van der Waals surface area contributed by atoms with E-state index in [1.807, 2.05) is 11.6 Å². The molecule has 6 nitrogen and oxygen atoms in total. The normalized spacial score (nSPS) is 23.8. The number of likely N-dealkylation sites (tertiary alicyclic amines) is 1. The van der Waals surface area contributed by atoms with Gasteiger partial charge in [0.2, 0.25) is 0 Å². The molecule has 19 heavy (non-hydrogen) atoms. The van der Waals surface area contributed by atoms with E-state index in [2.05, 4.69) is 20.0 Å². The molecule has 0 unspecified atom stereocenters. The Balaban J connectivity index is 1.48. The summed E-state index contributed by atoms with van der Waals surface area (Å²) in [5, 5.41) is 8.10. The first-order chi connectivity index (χ1) is 9.33. The van der Waals surface area contributed by atoms with Gasteiger partial charge in [0.05, 0.1) is 19.8 Å². The zero-order valence-corrected chi connectivity index (χ0v) is 11.7. The predicted octanol–water partition coefficient (Wildman–Crippen LogP) is 0.112. The second-order valence-corrected chi connectivity index (χ2v) is 5.51. The molecular weight excluding hydrogens is 242 g/mol. The molecule has 6 heteroatoms. The smallest absolute Gasteiger partial charge is 0.146 e. The number of aryl methyl sites for hydroxylation is 1. The molecule has 0 amide bonds. The summed E-state index contributed by atoms with van der Waals surface area (Å²) >= 11 is 0. The minimum atomic E-state index is 0.750. The molecule has 0 bridgehead atoms. The Morgan fingerprint density at radius 3 is 2.58 bits per heavy atom. The average molecular weight is 265 g/mol. The quantitative estimate of drug-likeness (QED) is 0.776. The lowest BCUT2D eigenvalue weighted by atomic mass is 10.0. The molecule has 0 radical (unpaired) electrons. The Morgan fingerprint density at radius 1 is 1.21 bits per heavy atom. The Kier molecular flexibility index (Phi) is 4.10. The maximum Gasteiger partial charge on any atom is 0.146 e. The molecule has 0 aromatic carbocycles. The van der Waals surface area contributed by atoms with Crippen LogP contribution in [0.5, 0.6) is 0 Å². The lowest BCUT2D eigenvalue weighted by Crippen LogP contribution is -2.48. The van der Waals surface area contributed by atoms with E-state index in [0.717, 1.165) is 57.8 Å². The molecule has 2 saturated heterocycles. The van der Waals surface area contributed by atoms with E-state index in [9.17, 15) is 0 Å². The van der Waals surface area contributed by atoms with Crippen molar-refractivity contribution in [3.05, 3.63) is 12.2 Å². The molecule has 106 valence electrons. The van der Waals surface area contributed by atoms with Crippen LogP contribution in [0.3, 0.4) is 0 Å². The monoisotopic (exact) mass is 265 g/mol. The van der Waals surface area contributed by atoms with Crippen LogP contribution >= 0.6 is 0 Å². The summed E-state index contributed by atoms with van der Waals surface area (Å²) in [7, 11) is 2.01. The van der Waals surface area contributed by atoms with Crippen LogP contribution in [-0.2, 0) is 18.3 Å². The van der Waals surface area contributed by atoms with Gasteiger partial charge in [0.25, 0.3) is 0 Å². The Bertz CT molecular complexity index is 393. The zero-order chi connectivity index (χ0) is 13.1. The number of morpholine rings is 1. The Labute approximate surface area is 114 Å². The van der Waals surface area contributed by atoms with E-state index < -0.39 is 0 Å². The second-order valence-electron chi connectivity index (χ2n) is 5.51. The van der Waals surface area contributed by atoms with Crippen LogP contribution < -0.4 is 0 Å². The molecule has 0 aliphatic carbocycles. The third-order valence-electron chi connectivity index (χ3n) is 4.29. The van der Waals surface area contributed by atoms with Gasteiger partial charge in [-0.05, 0) is 12.8 Å². The summed E-state index contributed by atoms with van der Waals surface area (Å²) < 4.78 is 7.43. The molecule has 0 saturated carbocycles. The van der Waals surface area contributed by atoms with Gasteiger partial charge in [0, 0.05) is 39.3 Å². The van der Waals surface area contributed by atoms with Crippen LogP contribution in [0.25, 0.3) is 0 Å². The molecule has 0 spiro atoms. The van der Waals surface area contributed by atoms with Crippen LogP contribution in [0.4, 0.5) is 0 Å². The van der Waals surface area contributed by atoms with Gasteiger partial charge in [-0.25, -0.2) is 0 Å². The van der Waals surface area contributed by atoms with Crippen LogP contribution in [-0.4, -0.2) is 70.0 Å². The first kappa shape index (κ1) is 13.0. The van der Waals surface area contributed by atoms with Crippen LogP contribution in [0.1, 0.15) is 18.7 Å². The third-order valence-corrected chi connectivity index (χ3v) is 4.29. The van der Waals surface area contributed by atoms with Crippen molar-refractivity contribution in [1.29, 1.82) is 0 Å². The summed E-state index contributed by atoms with van der Waals surface area (Å²) in [6.45, 7) is 7.26. The van der Waals surface area contributed by atoms with Gasteiger partial charge in [0.1, 0.15) is 12.2 Å². The first-order valence-corrected chi connectivity index (χ1v) is 7.20. The number of rotatable bonds is 3. The fraction of sp³-hybridized carbons (Fsp3) is 0.846. The summed E-state index contributed by atoms with van der Waals surface area (Å²) in [6.07, 6.45) is 4.30. The molecule has 2 fully saturated rings. The molecule has 0 N–H and O–H groups in total. The number of aromatic nitrogens is 3. The second kappa shape index (κ2) is 5.98. The van der Waals surface area contributed by atoms with Crippen LogP contribution in [0.2, 0.25) is 0 Å². The highest BCUT2D eigenvalue weighted by atomic mass is 16.5. The largest absolute Gasteiger partial charge is 0.379 e. The van der Waals surface area contributed by atoms with Crippen molar-refractivity contribution in [3.63, 3.8) is 0 Å². The summed E-state index contributed by atoms with van der Waals surface area (Å²) in [6, 6.07) is 0.750. The van der Waals surface area contributed by atoms with E-state index in [1.54, 1.807) is 6.33 Å². The van der Waals surface area contributed by atoms with Crippen molar-refractivity contribution < 1.29 is 4.74 Å². The molecule has 2 aliphatic heterocycles. The molecule has 1 aromatic heterocycles. The maximum absolute atomic E-state index is 5.42. The fourth-order valence-electron chi connectivity index (χ4n) is 3.04. The number of ether oxygens (including phenoxy) is 1. The summed E-state index contributed by atoms with van der Waals surface area (Å²) in [5.74, 6) is 1.06. The van der Waals surface area contributed by atoms with Crippen LogP contribution in [0, 0.1) is 0 Å². The molecule has 3 heterocycles. The topological polar surface area (TPSA) is 46.4 Å². The van der Waals surface area contributed by atoms with Gasteiger partial charge in [-0.3, -0.25) is 9.80 Å². The van der Waals surface area contributed by atoms with E-state index in [1.165, 1.54) is 12.8 Å². The van der Waals surface area contributed by atoms with Gasteiger partial charge in [0.15, 0.2) is 0 Å². The van der Waals surface area contributed by atoms with Gasteiger partial charge < -0.3 is 9.30 Å². The minimum Gasteiger partial charge on any atom is -0.379 e. The van der Waals surface area contributed by atoms with Gasteiger partial charge in [-0.1, -0.05) is 0 Å². The summed E-state index contributed by atoms with van der Waals surface area (Å²) in [4.78, 5) is 5.09. The predicted molar refractivity (Wildman–Crippen MR) is 71.7 cm³/mol. The first-order valence-electron chi connectivity index (χ1n) is 7.20. The SMILES string of the molecule is Cn1cnnc1CN1CCC(N2CCOCC2)CC1. The van der Waals surface area contributed by atoms with Crippen molar-refractivity contribution in [1.82, 2.24) is 24.6 Å². The third kappa shape index (κ3) is 3.13. The Morgan fingerprint density at radius 2 is 1.95 bits per heavy atom. The molecule has 3 rings (SSSR count).